The molecule has 2 saturated carbocycles. The minimum absolute atomic E-state index is 0.273. The van der Waals surface area contributed by atoms with Gasteiger partial charge in [-0.15, -0.1) is 0 Å². The third-order valence-corrected chi connectivity index (χ3v) is 5.60. The molecule has 2 aliphatic carbocycles. The summed E-state index contributed by atoms with van der Waals surface area (Å²) in [6, 6.07) is 0. The summed E-state index contributed by atoms with van der Waals surface area (Å²) in [5.74, 6) is 2.79. The van der Waals surface area contributed by atoms with Crippen LogP contribution in [0.25, 0.3) is 0 Å². The van der Waals surface area contributed by atoms with Crippen LogP contribution in [0, 0.1) is 17.8 Å². The molecular formula is C16H32N2. The number of hydrogen-bond acceptors (Lipinski definition) is 2. The predicted molar refractivity (Wildman–Crippen MR) is 78.5 cm³/mol. The van der Waals surface area contributed by atoms with E-state index in [1.54, 1.807) is 0 Å². The summed E-state index contributed by atoms with van der Waals surface area (Å²) in [7, 11) is 0. The molecule has 2 aliphatic rings. The molecule has 106 valence electrons. The van der Waals surface area contributed by atoms with E-state index in [1.165, 1.54) is 57.9 Å². The predicted octanol–water partition coefficient (Wildman–Crippen LogP) is 3.31. The highest BCUT2D eigenvalue weighted by Crippen LogP contribution is 2.36. The van der Waals surface area contributed by atoms with Crippen molar-refractivity contribution in [3.63, 3.8) is 0 Å². The van der Waals surface area contributed by atoms with Crippen LogP contribution in [0.15, 0.2) is 0 Å². The zero-order chi connectivity index (χ0) is 13.0. The van der Waals surface area contributed by atoms with Gasteiger partial charge in [0.15, 0.2) is 0 Å². The molecule has 0 atom stereocenters. The number of nitrogens with one attached hydrogen (secondary N) is 1. The molecule has 0 saturated heterocycles. The summed E-state index contributed by atoms with van der Waals surface area (Å²) in [4.78, 5) is 0. The van der Waals surface area contributed by atoms with Crippen molar-refractivity contribution in [1.82, 2.24) is 5.32 Å². The Morgan fingerprint density at radius 3 is 2.28 bits per heavy atom. The van der Waals surface area contributed by atoms with Crippen LogP contribution >= 0.6 is 0 Å². The SMILES string of the molecule is CC(C)C1CCC(CN)(NCCC2CCC2)CC1. The summed E-state index contributed by atoms with van der Waals surface area (Å²) in [6.07, 6.45) is 11.1. The van der Waals surface area contributed by atoms with Gasteiger partial charge in [-0.25, -0.2) is 0 Å². The van der Waals surface area contributed by atoms with Gasteiger partial charge in [-0.05, 0) is 56.4 Å². The molecule has 2 heteroatoms. The average Bonchev–Trinajstić information content (AvgIpc) is 2.33. The quantitative estimate of drug-likeness (QED) is 0.761. The Morgan fingerprint density at radius 1 is 1.17 bits per heavy atom. The van der Waals surface area contributed by atoms with E-state index >= 15 is 0 Å². The highest BCUT2D eigenvalue weighted by molar-refractivity contribution is 4.94. The Hall–Kier alpha value is -0.0800. The van der Waals surface area contributed by atoms with Gasteiger partial charge < -0.3 is 11.1 Å². The highest BCUT2D eigenvalue weighted by atomic mass is 15.0. The molecule has 0 aromatic heterocycles. The number of nitrogens with two attached hydrogens (primary N) is 1. The third-order valence-electron chi connectivity index (χ3n) is 5.60. The molecule has 0 radical (unpaired) electrons. The van der Waals surface area contributed by atoms with Gasteiger partial charge >= 0.3 is 0 Å². The van der Waals surface area contributed by atoms with Crippen molar-refractivity contribution in [2.24, 2.45) is 23.5 Å². The monoisotopic (exact) mass is 252 g/mol. The molecule has 0 heterocycles. The molecule has 2 rings (SSSR count). The Bertz CT molecular complexity index is 237. The molecule has 0 aromatic rings. The molecule has 0 aromatic carbocycles. The first-order chi connectivity index (χ1) is 8.65. The second kappa shape index (κ2) is 6.38. The fourth-order valence-electron chi connectivity index (χ4n) is 3.64. The minimum atomic E-state index is 0.273. The Morgan fingerprint density at radius 2 is 1.83 bits per heavy atom. The smallest absolute Gasteiger partial charge is 0.0304 e. The Kier molecular flexibility index (Phi) is 5.08. The summed E-state index contributed by atoms with van der Waals surface area (Å²) < 4.78 is 0. The highest BCUT2D eigenvalue weighted by Gasteiger charge is 2.34. The van der Waals surface area contributed by atoms with E-state index in [0.29, 0.717) is 0 Å². The standard InChI is InChI=1S/C16H32N2/c1-13(2)15-6-9-16(12-17,10-7-15)18-11-8-14-4-3-5-14/h13-15,18H,3-12,17H2,1-2H3. The zero-order valence-electron chi connectivity index (χ0n) is 12.4. The topological polar surface area (TPSA) is 38.0 Å². The van der Waals surface area contributed by atoms with Crippen molar-refractivity contribution in [2.75, 3.05) is 13.1 Å². The first-order valence-electron chi connectivity index (χ1n) is 8.10. The van der Waals surface area contributed by atoms with Crippen LogP contribution < -0.4 is 11.1 Å². The average molecular weight is 252 g/mol. The maximum Gasteiger partial charge on any atom is 0.0304 e. The zero-order valence-corrected chi connectivity index (χ0v) is 12.4. The minimum Gasteiger partial charge on any atom is -0.329 e. The molecule has 0 bridgehead atoms. The lowest BCUT2D eigenvalue weighted by molar-refractivity contribution is 0.160. The lowest BCUT2D eigenvalue weighted by Crippen LogP contribution is -2.54. The van der Waals surface area contributed by atoms with Crippen LogP contribution in [-0.4, -0.2) is 18.6 Å². The third kappa shape index (κ3) is 3.48. The number of hydrogen-bond donors (Lipinski definition) is 2. The van der Waals surface area contributed by atoms with Gasteiger partial charge in [0.1, 0.15) is 0 Å². The van der Waals surface area contributed by atoms with Crippen molar-refractivity contribution in [2.45, 2.75) is 70.8 Å². The van der Waals surface area contributed by atoms with E-state index in [2.05, 4.69) is 19.2 Å². The molecule has 3 N–H and O–H groups in total. The largest absolute Gasteiger partial charge is 0.329 e. The van der Waals surface area contributed by atoms with E-state index in [0.717, 1.165) is 24.3 Å². The van der Waals surface area contributed by atoms with Gasteiger partial charge in [0.25, 0.3) is 0 Å². The van der Waals surface area contributed by atoms with E-state index in [1.807, 2.05) is 0 Å². The van der Waals surface area contributed by atoms with Crippen LogP contribution in [0.3, 0.4) is 0 Å². The van der Waals surface area contributed by atoms with Gasteiger partial charge in [0.2, 0.25) is 0 Å². The normalized spacial score (nSPS) is 33.7. The van der Waals surface area contributed by atoms with E-state index in [9.17, 15) is 0 Å². The fraction of sp³-hybridized carbons (Fsp3) is 1.00. The van der Waals surface area contributed by atoms with E-state index in [4.69, 9.17) is 5.73 Å². The molecular weight excluding hydrogens is 220 g/mol. The number of rotatable bonds is 6. The molecule has 0 amide bonds. The second-order valence-electron chi connectivity index (χ2n) is 7.08. The van der Waals surface area contributed by atoms with Gasteiger partial charge in [-0.3, -0.25) is 0 Å². The maximum atomic E-state index is 6.06. The molecule has 0 spiro atoms. The van der Waals surface area contributed by atoms with E-state index < -0.39 is 0 Å². The summed E-state index contributed by atoms with van der Waals surface area (Å²) in [5.41, 5.74) is 6.33. The Labute approximate surface area is 113 Å². The van der Waals surface area contributed by atoms with Crippen LogP contribution in [0.5, 0.6) is 0 Å². The van der Waals surface area contributed by atoms with Crippen molar-refractivity contribution in [3.05, 3.63) is 0 Å². The summed E-state index contributed by atoms with van der Waals surface area (Å²) >= 11 is 0. The summed E-state index contributed by atoms with van der Waals surface area (Å²) in [6.45, 7) is 6.74. The molecule has 2 nitrogen and oxygen atoms in total. The first kappa shape index (κ1) is 14.3. The Balaban J connectivity index is 1.72. The van der Waals surface area contributed by atoms with Crippen molar-refractivity contribution in [3.8, 4) is 0 Å². The van der Waals surface area contributed by atoms with Gasteiger partial charge in [-0.1, -0.05) is 33.1 Å². The maximum absolute atomic E-state index is 6.06. The second-order valence-corrected chi connectivity index (χ2v) is 7.08. The van der Waals surface area contributed by atoms with Crippen LogP contribution in [0.2, 0.25) is 0 Å². The fourth-order valence-corrected chi connectivity index (χ4v) is 3.64. The lowest BCUT2D eigenvalue weighted by Gasteiger charge is -2.42. The van der Waals surface area contributed by atoms with Crippen molar-refractivity contribution < 1.29 is 0 Å². The van der Waals surface area contributed by atoms with E-state index in [-0.39, 0.29) is 5.54 Å². The molecule has 18 heavy (non-hydrogen) atoms. The van der Waals surface area contributed by atoms with Crippen molar-refractivity contribution >= 4 is 0 Å². The van der Waals surface area contributed by atoms with Crippen LogP contribution in [-0.2, 0) is 0 Å². The first-order valence-corrected chi connectivity index (χ1v) is 8.10. The van der Waals surface area contributed by atoms with Crippen LogP contribution in [0.1, 0.15) is 65.2 Å². The van der Waals surface area contributed by atoms with Gasteiger partial charge in [0.05, 0.1) is 0 Å². The summed E-state index contributed by atoms with van der Waals surface area (Å²) in [5, 5.41) is 3.82. The van der Waals surface area contributed by atoms with Crippen molar-refractivity contribution in [1.29, 1.82) is 0 Å². The molecule has 2 fully saturated rings. The van der Waals surface area contributed by atoms with Gasteiger partial charge in [-0.2, -0.15) is 0 Å². The lowest BCUT2D eigenvalue weighted by atomic mass is 9.72. The molecule has 0 unspecified atom stereocenters. The molecule has 0 aliphatic heterocycles. The van der Waals surface area contributed by atoms with Gasteiger partial charge in [0, 0.05) is 12.1 Å². The van der Waals surface area contributed by atoms with Crippen LogP contribution in [0.4, 0.5) is 0 Å².